The first-order valence-electron chi connectivity index (χ1n) is 6.76. The highest BCUT2D eigenvalue weighted by Crippen LogP contribution is 2.27. The van der Waals surface area contributed by atoms with Crippen LogP contribution in [0.3, 0.4) is 0 Å². The third-order valence-corrected chi connectivity index (χ3v) is 3.73. The highest BCUT2D eigenvalue weighted by molar-refractivity contribution is 5.94. The maximum Gasteiger partial charge on any atom is 0.339 e. The lowest BCUT2D eigenvalue weighted by Crippen LogP contribution is -2.30. The summed E-state index contributed by atoms with van der Waals surface area (Å²) in [5.74, 6) is -0.945. The van der Waals surface area contributed by atoms with Crippen LogP contribution >= 0.6 is 0 Å². The fourth-order valence-electron chi connectivity index (χ4n) is 2.64. The van der Waals surface area contributed by atoms with E-state index in [4.69, 9.17) is 0 Å². The molecule has 6 nitrogen and oxygen atoms in total. The molecule has 0 bridgehead atoms. The molecular weight excluding hydrogens is 268 g/mol. The Balaban J connectivity index is 1.85. The van der Waals surface area contributed by atoms with Crippen molar-refractivity contribution in [1.29, 1.82) is 0 Å². The molecule has 0 fully saturated rings. The van der Waals surface area contributed by atoms with Gasteiger partial charge in [0.15, 0.2) is 0 Å². The van der Waals surface area contributed by atoms with Gasteiger partial charge in [0, 0.05) is 38.7 Å². The highest BCUT2D eigenvalue weighted by Gasteiger charge is 2.19. The lowest BCUT2D eigenvalue weighted by Gasteiger charge is -2.29. The minimum Gasteiger partial charge on any atom is -0.478 e. The molecule has 1 aliphatic heterocycles. The van der Waals surface area contributed by atoms with E-state index in [1.165, 1.54) is 11.8 Å². The molecule has 0 radical (unpaired) electrons. The van der Waals surface area contributed by atoms with E-state index in [-0.39, 0.29) is 5.56 Å². The van der Waals surface area contributed by atoms with Gasteiger partial charge in [-0.1, -0.05) is 6.08 Å². The van der Waals surface area contributed by atoms with Crippen LogP contribution in [0.25, 0.3) is 5.57 Å². The Morgan fingerprint density at radius 1 is 1.33 bits per heavy atom. The van der Waals surface area contributed by atoms with Gasteiger partial charge < -0.3 is 10.0 Å². The summed E-state index contributed by atoms with van der Waals surface area (Å²) >= 11 is 0. The minimum absolute atomic E-state index is 0.245. The Bertz CT molecular complexity index is 705. The largest absolute Gasteiger partial charge is 0.478 e. The van der Waals surface area contributed by atoms with Gasteiger partial charge in [0.25, 0.3) is 0 Å². The van der Waals surface area contributed by atoms with Crippen molar-refractivity contribution in [3.63, 3.8) is 0 Å². The molecule has 0 aliphatic carbocycles. The Morgan fingerprint density at radius 3 is 2.81 bits per heavy atom. The predicted molar refractivity (Wildman–Crippen MR) is 79.2 cm³/mol. The molecule has 1 aliphatic rings. The fraction of sp³-hybridized carbons (Fsp3) is 0.267. The summed E-state index contributed by atoms with van der Waals surface area (Å²) in [7, 11) is 1.92. The molecule has 6 heteroatoms. The third kappa shape index (κ3) is 2.52. The quantitative estimate of drug-likeness (QED) is 0.930. The summed E-state index contributed by atoms with van der Waals surface area (Å²) in [6.07, 6.45) is 7.81. The summed E-state index contributed by atoms with van der Waals surface area (Å²) in [6.45, 7) is 1.46. The van der Waals surface area contributed by atoms with E-state index in [2.05, 4.69) is 21.1 Å². The monoisotopic (exact) mass is 284 g/mol. The van der Waals surface area contributed by atoms with Crippen LogP contribution in [0.15, 0.2) is 36.8 Å². The zero-order valence-electron chi connectivity index (χ0n) is 11.7. The molecule has 21 heavy (non-hydrogen) atoms. The molecule has 0 saturated heterocycles. The number of carboxylic acid groups (broad SMARTS) is 1. The summed E-state index contributed by atoms with van der Waals surface area (Å²) in [5, 5.41) is 13.4. The SMILES string of the molecule is Cn1nccc1C1=CCN(c2ccncc2C(=O)O)CC1. The molecule has 0 saturated carbocycles. The van der Waals surface area contributed by atoms with E-state index in [1.807, 2.05) is 17.8 Å². The van der Waals surface area contributed by atoms with Crippen LogP contribution in [0.5, 0.6) is 0 Å². The zero-order chi connectivity index (χ0) is 14.8. The first kappa shape index (κ1) is 13.4. The lowest BCUT2D eigenvalue weighted by molar-refractivity contribution is 0.0697. The number of carbonyl (C=O) groups is 1. The molecule has 108 valence electrons. The van der Waals surface area contributed by atoms with Gasteiger partial charge in [0.05, 0.1) is 11.4 Å². The number of anilines is 1. The number of aromatic nitrogens is 3. The predicted octanol–water partition coefficient (Wildman–Crippen LogP) is 1.81. The maximum absolute atomic E-state index is 11.3. The zero-order valence-corrected chi connectivity index (χ0v) is 11.7. The fourth-order valence-corrected chi connectivity index (χ4v) is 2.64. The van der Waals surface area contributed by atoms with Gasteiger partial charge in [-0.05, 0) is 24.1 Å². The van der Waals surface area contributed by atoms with Crippen LogP contribution in [0.4, 0.5) is 5.69 Å². The number of aromatic carboxylic acids is 1. The summed E-state index contributed by atoms with van der Waals surface area (Å²) in [4.78, 5) is 17.2. The first-order chi connectivity index (χ1) is 10.2. The van der Waals surface area contributed by atoms with Crippen molar-refractivity contribution < 1.29 is 9.90 Å². The van der Waals surface area contributed by atoms with Crippen LogP contribution in [0.1, 0.15) is 22.5 Å². The summed E-state index contributed by atoms with van der Waals surface area (Å²) in [5.41, 5.74) is 3.33. The molecule has 0 amide bonds. The van der Waals surface area contributed by atoms with Crippen molar-refractivity contribution >= 4 is 17.2 Å². The van der Waals surface area contributed by atoms with Crippen LogP contribution < -0.4 is 4.90 Å². The van der Waals surface area contributed by atoms with Crippen LogP contribution in [-0.4, -0.2) is 38.9 Å². The average molecular weight is 284 g/mol. The van der Waals surface area contributed by atoms with Crippen molar-refractivity contribution in [3.05, 3.63) is 48.1 Å². The smallest absolute Gasteiger partial charge is 0.339 e. The second-order valence-electron chi connectivity index (χ2n) is 4.96. The number of pyridine rings is 1. The van der Waals surface area contributed by atoms with Gasteiger partial charge in [0.1, 0.15) is 5.56 Å². The molecule has 0 unspecified atom stereocenters. The van der Waals surface area contributed by atoms with E-state index in [9.17, 15) is 9.90 Å². The van der Waals surface area contributed by atoms with Crippen LogP contribution in [0, 0.1) is 0 Å². The molecular formula is C15H16N4O2. The molecule has 0 aromatic carbocycles. The van der Waals surface area contributed by atoms with Gasteiger partial charge >= 0.3 is 5.97 Å². The summed E-state index contributed by atoms with van der Waals surface area (Å²) < 4.78 is 1.86. The minimum atomic E-state index is -0.945. The molecule has 0 spiro atoms. The van der Waals surface area contributed by atoms with Crippen molar-refractivity contribution in [2.45, 2.75) is 6.42 Å². The second-order valence-corrected chi connectivity index (χ2v) is 4.96. The van der Waals surface area contributed by atoms with Crippen molar-refractivity contribution in [1.82, 2.24) is 14.8 Å². The number of carboxylic acids is 1. The molecule has 1 N–H and O–H groups in total. The van der Waals surface area contributed by atoms with Crippen LogP contribution in [0.2, 0.25) is 0 Å². The van der Waals surface area contributed by atoms with Gasteiger partial charge in [-0.25, -0.2) is 4.79 Å². The Labute approximate surface area is 122 Å². The summed E-state index contributed by atoms with van der Waals surface area (Å²) in [6, 6.07) is 3.75. The van der Waals surface area contributed by atoms with Gasteiger partial charge in [0.2, 0.25) is 0 Å². The topological polar surface area (TPSA) is 71.2 Å². The number of hydrogen-bond donors (Lipinski definition) is 1. The normalized spacial score (nSPS) is 14.9. The van der Waals surface area contributed by atoms with Crippen LogP contribution in [-0.2, 0) is 7.05 Å². The first-order valence-corrected chi connectivity index (χ1v) is 6.76. The molecule has 2 aromatic rings. The standard InChI is InChI=1S/C15H16N4O2/c1-18-13(3-7-17-18)11-4-8-19(9-5-11)14-2-6-16-10-12(14)15(20)21/h2-4,6-7,10H,5,8-9H2,1H3,(H,20,21). The Kier molecular flexibility index (Phi) is 3.43. The van der Waals surface area contributed by atoms with Crippen molar-refractivity contribution in [2.24, 2.45) is 7.05 Å². The number of aryl methyl sites for hydroxylation is 1. The van der Waals surface area contributed by atoms with E-state index in [0.29, 0.717) is 6.54 Å². The van der Waals surface area contributed by atoms with E-state index in [1.54, 1.807) is 18.5 Å². The number of rotatable bonds is 3. The Hall–Kier alpha value is -2.63. The number of hydrogen-bond acceptors (Lipinski definition) is 4. The number of nitrogens with zero attached hydrogens (tertiary/aromatic N) is 4. The lowest BCUT2D eigenvalue weighted by atomic mass is 10.0. The van der Waals surface area contributed by atoms with E-state index in [0.717, 1.165) is 24.3 Å². The van der Waals surface area contributed by atoms with E-state index < -0.39 is 5.97 Å². The van der Waals surface area contributed by atoms with Gasteiger partial charge in [-0.2, -0.15) is 5.10 Å². The second kappa shape index (κ2) is 5.40. The van der Waals surface area contributed by atoms with E-state index >= 15 is 0 Å². The van der Waals surface area contributed by atoms with Crippen molar-refractivity contribution in [3.8, 4) is 0 Å². The van der Waals surface area contributed by atoms with Gasteiger partial charge in [-0.15, -0.1) is 0 Å². The highest BCUT2D eigenvalue weighted by atomic mass is 16.4. The maximum atomic E-state index is 11.3. The van der Waals surface area contributed by atoms with Gasteiger partial charge in [-0.3, -0.25) is 9.67 Å². The molecule has 3 heterocycles. The molecule has 0 atom stereocenters. The average Bonchev–Trinajstić information content (AvgIpc) is 2.93. The molecule has 3 rings (SSSR count). The third-order valence-electron chi connectivity index (χ3n) is 3.73. The molecule has 2 aromatic heterocycles. The Morgan fingerprint density at radius 2 is 2.19 bits per heavy atom. The van der Waals surface area contributed by atoms with Crippen molar-refractivity contribution in [2.75, 3.05) is 18.0 Å².